The molecular weight excluding hydrogens is 553 g/mol. The van der Waals surface area contributed by atoms with E-state index in [1.807, 2.05) is 0 Å². The van der Waals surface area contributed by atoms with Crippen LogP contribution in [-0.4, -0.2) is 77.5 Å². The standard InChI is InChI=1S/C22H27ClFN3O6S3/c1-14(19-6-7-20(23)34-19)13-36(32,33)25-17-8-9-27(22(17)29)18-5-4-15(12-16(18)24)21(28)26(2)10-11-35(3,30)31/h4-7,12,14,17,25H,8-11,13H2,1-3H3. The number of hydrogen-bond acceptors (Lipinski definition) is 7. The molecule has 2 unspecified atom stereocenters. The average molecular weight is 580 g/mol. The van der Waals surface area contributed by atoms with Crippen LogP contribution in [0.4, 0.5) is 10.1 Å². The van der Waals surface area contributed by atoms with Gasteiger partial charge in [-0.3, -0.25) is 9.59 Å². The van der Waals surface area contributed by atoms with Crippen molar-refractivity contribution in [1.29, 1.82) is 0 Å². The van der Waals surface area contributed by atoms with Crippen molar-refractivity contribution >= 4 is 60.3 Å². The van der Waals surface area contributed by atoms with E-state index < -0.39 is 43.5 Å². The van der Waals surface area contributed by atoms with Gasteiger partial charge >= 0.3 is 0 Å². The predicted octanol–water partition coefficient (Wildman–Crippen LogP) is 2.49. The maximum absolute atomic E-state index is 14.9. The van der Waals surface area contributed by atoms with Crippen LogP contribution in [0.5, 0.6) is 0 Å². The number of thiophene rings is 1. The summed E-state index contributed by atoms with van der Waals surface area (Å²) in [5, 5.41) is 0. The Kier molecular flexibility index (Phi) is 8.82. The molecule has 2 aromatic rings. The number of anilines is 1. The van der Waals surface area contributed by atoms with E-state index in [4.69, 9.17) is 11.6 Å². The van der Waals surface area contributed by atoms with Gasteiger partial charge in [-0.2, -0.15) is 0 Å². The van der Waals surface area contributed by atoms with Gasteiger partial charge in [-0.15, -0.1) is 11.3 Å². The predicted molar refractivity (Wildman–Crippen MR) is 138 cm³/mol. The van der Waals surface area contributed by atoms with Crippen LogP contribution in [0.25, 0.3) is 0 Å². The van der Waals surface area contributed by atoms with Crippen LogP contribution in [0.3, 0.4) is 0 Å². The van der Waals surface area contributed by atoms with Gasteiger partial charge in [0.2, 0.25) is 15.9 Å². The van der Waals surface area contributed by atoms with Gasteiger partial charge in [-0.1, -0.05) is 18.5 Å². The number of carbonyl (C=O) groups excluding carboxylic acids is 2. The molecule has 9 nitrogen and oxygen atoms in total. The van der Waals surface area contributed by atoms with Crippen molar-refractivity contribution in [3.63, 3.8) is 0 Å². The Bertz CT molecular complexity index is 1360. The summed E-state index contributed by atoms with van der Waals surface area (Å²) < 4.78 is 65.8. The Balaban J connectivity index is 1.65. The lowest BCUT2D eigenvalue weighted by Gasteiger charge is -2.20. The minimum absolute atomic E-state index is 0.00109. The van der Waals surface area contributed by atoms with Crippen molar-refractivity contribution < 1.29 is 30.8 Å². The van der Waals surface area contributed by atoms with E-state index in [1.165, 1.54) is 35.4 Å². The van der Waals surface area contributed by atoms with Crippen molar-refractivity contribution in [2.24, 2.45) is 0 Å². The van der Waals surface area contributed by atoms with Crippen LogP contribution in [0.15, 0.2) is 30.3 Å². The van der Waals surface area contributed by atoms with Crippen LogP contribution >= 0.6 is 22.9 Å². The second kappa shape index (κ2) is 11.1. The number of amides is 2. The SMILES string of the molecule is CC(CS(=O)(=O)NC1CCN(c2ccc(C(=O)N(C)CCS(C)(=O)=O)cc2F)C1=O)c1ccc(Cl)s1. The first-order valence-corrected chi connectivity index (χ1v) is 15.9. The highest BCUT2D eigenvalue weighted by Gasteiger charge is 2.37. The molecule has 0 saturated carbocycles. The molecule has 1 aliphatic heterocycles. The molecule has 0 bridgehead atoms. The molecule has 2 atom stereocenters. The third kappa shape index (κ3) is 7.25. The number of benzene rings is 1. The first-order valence-electron chi connectivity index (χ1n) is 11.0. The normalized spacial score (nSPS) is 17.4. The van der Waals surface area contributed by atoms with Gasteiger partial charge in [0.05, 0.1) is 21.5 Å². The fourth-order valence-corrected chi connectivity index (χ4v) is 7.19. The summed E-state index contributed by atoms with van der Waals surface area (Å²) in [5.41, 5.74) is -0.0718. The monoisotopic (exact) mass is 579 g/mol. The third-order valence-corrected chi connectivity index (χ3v) is 9.68. The van der Waals surface area contributed by atoms with Crippen molar-refractivity contribution in [3.05, 3.63) is 50.9 Å². The summed E-state index contributed by atoms with van der Waals surface area (Å²) in [6.45, 7) is 1.80. The van der Waals surface area contributed by atoms with Gasteiger partial charge in [0.1, 0.15) is 21.7 Å². The lowest BCUT2D eigenvalue weighted by Crippen LogP contribution is -2.43. The summed E-state index contributed by atoms with van der Waals surface area (Å²) in [4.78, 5) is 28.5. The first-order chi connectivity index (χ1) is 16.7. The lowest BCUT2D eigenvalue weighted by molar-refractivity contribution is -0.118. The van der Waals surface area contributed by atoms with Gasteiger partial charge in [-0.25, -0.2) is 25.9 Å². The molecule has 1 saturated heterocycles. The Hall–Kier alpha value is -2.06. The molecule has 1 N–H and O–H groups in total. The van der Waals surface area contributed by atoms with Crippen LogP contribution in [-0.2, 0) is 24.7 Å². The van der Waals surface area contributed by atoms with Crippen molar-refractivity contribution in [1.82, 2.24) is 9.62 Å². The molecule has 1 aliphatic rings. The number of halogens is 2. The Labute approximate surface area is 219 Å². The Morgan fingerprint density at radius 2 is 1.97 bits per heavy atom. The summed E-state index contributed by atoms with van der Waals surface area (Å²) in [7, 11) is -5.68. The van der Waals surface area contributed by atoms with Crippen molar-refractivity contribution in [3.8, 4) is 0 Å². The molecule has 198 valence electrons. The second-order valence-corrected chi connectivity index (χ2v) is 14.6. The number of sulfonamides is 1. The van der Waals surface area contributed by atoms with Gasteiger partial charge in [0, 0.05) is 42.8 Å². The summed E-state index contributed by atoms with van der Waals surface area (Å²) in [6, 6.07) is 6.03. The zero-order chi connectivity index (χ0) is 26.8. The molecule has 14 heteroatoms. The zero-order valence-electron chi connectivity index (χ0n) is 19.9. The van der Waals surface area contributed by atoms with Gasteiger partial charge < -0.3 is 9.80 Å². The van der Waals surface area contributed by atoms with E-state index in [0.29, 0.717) is 4.34 Å². The summed E-state index contributed by atoms with van der Waals surface area (Å²) >= 11 is 7.21. The molecule has 2 amide bonds. The molecule has 0 aliphatic carbocycles. The van der Waals surface area contributed by atoms with E-state index in [-0.39, 0.29) is 48.2 Å². The number of carbonyl (C=O) groups is 2. The van der Waals surface area contributed by atoms with E-state index >= 15 is 0 Å². The largest absolute Gasteiger partial charge is 0.341 e. The molecule has 1 aromatic heterocycles. The van der Waals surface area contributed by atoms with Crippen LogP contribution < -0.4 is 9.62 Å². The second-order valence-electron chi connectivity index (χ2n) is 8.80. The fourth-order valence-electron chi connectivity index (χ4n) is 3.78. The summed E-state index contributed by atoms with van der Waals surface area (Å²) in [5.74, 6) is -2.76. The van der Waals surface area contributed by atoms with E-state index in [2.05, 4.69) is 4.72 Å². The van der Waals surface area contributed by atoms with Crippen molar-refractivity contribution in [2.45, 2.75) is 25.3 Å². The first kappa shape index (κ1) is 28.5. The molecule has 36 heavy (non-hydrogen) atoms. The minimum atomic E-state index is -3.82. The van der Waals surface area contributed by atoms with Crippen LogP contribution in [0, 0.1) is 5.82 Å². The fraction of sp³-hybridized carbons (Fsp3) is 0.455. The highest BCUT2D eigenvalue weighted by Crippen LogP contribution is 2.30. The lowest BCUT2D eigenvalue weighted by atomic mass is 10.1. The van der Waals surface area contributed by atoms with Crippen LogP contribution in [0.1, 0.15) is 34.5 Å². The maximum atomic E-state index is 14.9. The molecule has 3 rings (SSSR count). The van der Waals surface area contributed by atoms with E-state index in [9.17, 15) is 30.8 Å². The number of nitrogens with zero attached hydrogens (tertiary/aromatic N) is 2. The molecule has 0 radical (unpaired) electrons. The summed E-state index contributed by atoms with van der Waals surface area (Å²) in [6.07, 6.45) is 1.21. The molecule has 0 spiro atoms. The van der Waals surface area contributed by atoms with Gasteiger partial charge in [0.25, 0.3) is 5.91 Å². The third-order valence-electron chi connectivity index (χ3n) is 5.71. The molecule has 1 fully saturated rings. The quantitative estimate of drug-likeness (QED) is 0.462. The Morgan fingerprint density at radius 1 is 1.28 bits per heavy atom. The highest BCUT2D eigenvalue weighted by atomic mass is 35.5. The minimum Gasteiger partial charge on any atom is -0.341 e. The topological polar surface area (TPSA) is 121 Å². The highest BCUT2D eigenvalue weighted by molar-refractivity contribution is 7.90. The van der Waals surface area contributed by atoms with E-state index in [0.717, 1.165) is 22.1 Å². The number of hydrogen-bond donors (Lipinski definition) is 1. The molecule has 1 aromatic carbocycles. The maximum Gasteiger partial charge on any atom is 0.253 e. The number of rotatable bonds is 10. The van der Waals surface area contributed by atoms with Crippen molar-refractivity contribution in [2.75, 3.05) is 42.8 Å². The number of nitrogens with one attached hydrogen (secondary N) is 1. The smallest absolute Gasteiger partial charge is 0.253 e. The van der Waals surface area contributed by atoms with E-state index in [1.54, 1.807) is 19.1 Å². The zero-order valence-corrected chi connectivity index (χ0v) is 23.1. The molecule has 2 heterocycles. The number of sulfone groups is 1. The van der Waals surface area contributed by atoms with Gasteiger partial charge in [0.15, 0.2) is 0 Å². The average Bonchev–Trinajstić information content (AvgIpc) is 3.36. The van der Waals surface area contributed by atoms with Crippen LogP contribution in [0.2, 0.25) is 4.34 Å². The molecular formula is C22H27ClFN3O6S3. The Morgan fingerprint density at radius 3 is 2.56 bits per heavy atom. The van der Waals surface area contributed by atoms with Gasteiger partial charge in [-0.05, 0) is 36.8 Å².